The van der Waals surface area contributed by atoms with Crippen LogP contribution in [0.25, 0.3) is 20.9 Å². The molecule has 4 rings (SSSR count). The van der Waals surface area contributed by atoms with Crippen molar-refractivity contribution < 1.29 is 14.8 Å². The van der Waals surface area contributed by atoms with Crippen molar-refractivity contribution in [2.75, 3.05) is 0 Å². The maximum atomic E-state index is 12.8. The quantitative estimate of drug-likeness (QED) is 0.410. The van der Waals surface area contributed by atoms with E-state index in [1.807, 2.05) is 0 Å². The van der Waals surface area contributed by atoms with Crippen LogP contribution in [0.15, 0.2) is 53.3 Å². The number of nitro groups is 1. The lowest BCUT2D eigenvalue weighted by atomic mass is 10.1. The minimum Gasteiger partial charge on any atom is -0.481 e. The van der Waals surface area contributed by atoms with Gasteiger partial charge in [0.2, 0.25) is 0 Å². The van der Waals surface area contributed by atoms with Crippen molar-refractivity contribution in [1.29, 1.82) is 0 Å². The number of carboxylic acids is 1. The third kappa shape index (κ3) is 3.23. The van der Waals surface area contributed by atoms with Crippen molar-refractivity contribution in [3.63, 3.8) is 0 Å². The van der Waals surface area contributed by atoms with Crippen LogP contribution in [0.3, 0.4) is 0 Å². The van der Waals surface area contributed by atoms with Gasteiger partial charge in [-0.1, -0.05) is 18.2 Å². The van der Waals surface area contributed by atoms with Crippen LogP contribution in [0, 0.1) is 10.1 Å². The van der Waals surface area contributed by atoms with Crippen molar-refractivity contribution in [2.24, 2.45) is 0 Å². The summed E-state index contributed by atoms with van der Waals surface area (Å²) in [6.45, 7) is 0.156. The Morgan fingerprint density at radius 3 is 2.64 bits per heavy atom. The van der Waals surface area contributed by atoms with Gasteiger partial charge in [0.1, 0.15) is 0 Å². The summed E-state index contributed by atoms with van der Waals surface area (Å²) in [5, 5.41) is 26.0. The summed E-state index contributed by atoms with van der Waals surface area (Å²) in [6, 6.07) is 13.2. The maximum absolute atomic E-state index is 12.8. The summed E-state index contributed by atoms with van der Waals surface area (Å²) in [5.74, 6) is -1.03. The van der Waals surface area contributed by atoms with Crippen molar-refractivity contribution >= 4 is 43.9 Å². The smallest absolute Gasteiger partial charge is 0.309 e. The number of nitrogens with zero attached hydrogens (tertiary/aromatic N) is 3. The van der Waals surface area contributed by atoms with E-state index in [2.05, 4.69) is 5.10 Å². The first-order valence-corrected chi connectivity index (χ1v) is 9.11. The molecule has 0 aliphatic carbocycles. The first-order valence-electron chi connectivity index (χ1n) is 8.30. The van der Waals surface area contributed by atoms with Crippen LogP contribution < -0.4 is 5.56 Å². The monoisotopic (exact) mass is 395 g/mol. The molecule has 0 atom stereocenters. The number of nitro benzene ring substituents is 1. The number of rotatable bonds is 5. The molecule has 28 heavy (non-hydrogen) atoms. The van der Waals surface area contributed by atoms with Crippen LogP contribution in [0.1, 0.15) is 10.6 Å². The number of thiophene rings is 1. The highest BCUT2D eigenvalue weighted by atomic mass is 32.1. The highest BCUT2D eigenvalue weighted by Gasteiger charge is 2.15. The zero-order valence-electron chi connectivity index (χ0n) is 14.4. The maximum Gasteiger partial charge on any atom is 0.309 e. The van der Waals surface area contributed by atoms with Crippen LogP contribution >= 0.6 is 11.3 Å². The molecular formula is C19H13N3O5S. The van der Waals surface area contributed by atoms with E-state index in [0.717, 1.165) is 9.58 Å². The lowest BCUT2D eigenvalue weighted by molar-refractivity contribution is -0.384. The Kier molecular flexibility index (Phi) is 4.36. The number of aliphatic carboxylic acids is 1. The molecular weight excluding hydrogens is 382 g/mol. The number of non-ortho nitro benzene ring substituents is 1. The standard InChI is InChI=1S/C19H13N3O5S/c23-18(24)9-16-14-3-1-2-4-15(14)19(25)21(20-16)10-13-8-11-7-12(22(26)27)5-6-17(11)28-13/h1-8H,9-10H2,(H,23,24). The van der Waals surface area contributed by atoms with Gasteiger partial charge >= 0.3 is 5.97 Å². The molecule has 4 aromatic rings. The largest absolute Gasteiger partial charge is 0.481 e. The predicted octanol–water partition coefficient (Wildman–Crippen LogP) is 3.19. The number of fused-ring (bicyclic) bond motifs is 2. The molecule has 2 aromatic heterocycles. The van der Waals surface area contributed by atoms with Gasteiger partial charge in [-0.3, -0.25) is 19.7 Å². The van der Waals surface area contributed by atoms with Gasteiger partial charge in [-0.25, -0.2) is 4.68 Å². The van der Waals surface area contributed by atoms with Gasteiger partial charge in [0.05, 0.1) is 29.0 Å². The van der Waals surface area contributed by atoms with Gasteiger partial charge in [0, 0.05) is 27.1 Å². The Morgan fingerprint density at radius 2 is 1.93 bits per heavy atom. The summed E-state index contributed by atoms with van der Waals surface area (Å²) in [5.41, 5.74) is 0.00853. The Bertz CT molecular complexity index is 1310. The van der Waals surface area contributed by atoms with E-state index in [0.29, 0.717) is 21.9 Å². The molecule has 0 unspecified atom stereocenters. The number of aromatic nitrogens is 2. The van der Waals surface area contributed by atoms with Crippen molar-refractivity contribution in [2.45, 2.75) is 13.0 Å². The highest BCUT2D eigenvalue weighted by molar-refractivity contribution is 7.19. The minimum absolute atomic E-state index is 0.00147. The molecule has 2 aromatic carbocycles. The molecule has 2 heterocycles. The SMILES string of the molecule is O=C(O)Cc1nn(Cc2cc3cc([N+](=O)[O-])ccc3s2)c(=O)c2ccccc12. The van der Waals surface area contributed by atoms with Gasteiger partial charge < -0.3 is 5.11 Å². The van der Waals surface area contributed by atoms with E-state index < -0.39 is 10.9 Å². The van der Waals surface area contributed by atoms with Crippen LogP contribution in [-0.4, -0.2) is 25.8 Å². The second-order valence-corrected chi connectivity index (χ2v) is 7.39. The van der Waals surface area contributed by atoms with Gasteiger partial charge in [0.15, 0.2) is 0 Å². The van der Waals surface area contributed by atoms with E-state index in [4.69, 9.17) is 5.11 Å². The van der Waals surface area contributed by atoms with Crippen molar-refractivity contribution in [1.82, 2.24) is 9.78 Å². The molecule has 0 bridgehead atoms. The molecule has 0 radical (unpaired) electrons. The number of benzene rings is 2. The Labute approximate surface area is 161 Å². The molecule has 0 saturated carbocycles. The summed E-state index contributed by atoms with van der Waals surface area (Å²) in [4.78, 5) is 35.3. The molecule has 9 heteroatoms. The van der Waals surface area contributed by atoms with Crippen LogP contribution in [0.4, 0.5) is 5.69 Å². The van der Waals surface area contributed by atoms with Gasteiger partial charge in [-0.15, -0.1) is 11.3 Å². The number of carboxylic acid groups (broad SMARTS) is 1. The number of hydrogen-bond acceptors (Lipinski definition) is 6. The fourth-order valence-electron chi connectivity index (χ4n) is 3.11. The molecule has 0 fully saturated rings. The van der Waals surface area contributed by atoms with E-state index in [-0.39, 0.29) is 24.2 Å². The van der Waals surface area contributed by atoms with Crippen molar-refractivity contribution in [3.05, 3.63) is 79.6 Å². The summed E-state index contributed by atoms with van der Waals surface area (Å²) >= 11 is 1.41. The van der Waals surface area contributed by atoms with Gasteiger partial charge in [0.25, 0.3) is 11.2 Å². The summed E-state index contributed by atoms with van der Waals surface area (Å²) in [6.07, 6.45) is -0.292. The lowest BCUT2D eigenvalue weighted by Crippen LogP contribution is -2.25. The fourth-order valence-corrected chi connectivity index (χ4v) is 4.14. The zero-order chi connectivity index (χ0) is 19.8. The first kappa shape index (κ1) is 17.8. The van der Waals surface area contributed by atoms with Gasteiger partial charge in [-0.05, 0) is 23.6 Å². The minimum atomic E-state index is -1.03. The molecule has 8 nitrogen and oxygen atoms in total. The van der Waals surface area contributed by atoms with E-state index in [1.54, 1.807) is 36.4 Å². The summed E-state index contributed by atoms with van der Waals surface area (Å²) in [7, 11) is 0. The molecule has 0 aliphatic rings. The predicted molar refractivity (Wildman–Crippen MR) is 105 cm³/mol. The van der Waals surface area contributed by atoms with E-state index >= 15 is 0 Å². The van der Waals surface area contributed by atoms with Crippen LogP contribution in [0.5, 0.6) is 0 Å². The average Bonchev–Trinajstić information content (AvgIpc) is 3.06. The summed E-state index contributed by atoms with van der Waals surface area (Å²) < 4.78 is 2.11. The topological polar surface area (TPSA) is 115 Å². The normalized spacial score (nSPS) is 11.1. The van der Waals surface area contributed by atoms with Crippen molar-refractivity contribution in [3.8, 4) is 0 Å². The molecule has 0 saturated heterocycles. The third-order valence-electron chi connectivity index (χ3n) is 4.33. The third-order valence-corrected chi connectivity index (χ3v) is 5.43. The first-order chi connectivity index (χ1) is 13.4. The average molecular weight is 395 g/mol. The van der Waals surface area contributed by atoms with Gasteiger partial charge in [-0.2, -0.15) is 5.10 Å². The Morgan fingerprint density at radius 1 is 1.18 bits per heavy atom. The molecule has 140 valence electrons. The number of carbonyl (C=O) groups is 1. The molecule has 0 amide bonds. The second kappa shape index (κ2) is 6.86. The molecule has 1 N–H and O–H groups in total. The zero-order valence-corrected chi connectivity index (χ0v) is 15.2. The van der Waals surface area contributed by atoms with E-state index in [9.17, 15) is 19.7 Å². The molecule has 0 aliphatic heterocycles. The number of hydrogen-bond donors (Lipinski definition) is 1. The fraction of sp³-hybridized carbons (Fsp3) is 0.105. The second-order valence-electron chi connectivity index (χ2n) is 6.22. The van der Waals surface area contributed by atoms with E-state index in [1.165, 1.54) is 28.2 Å². The Hall–Kier alpha value is -3.59. The van der Waals surface area contributed by atoms with Crippen LogP contribution in [0.2, 0.25) is 0 Å². The van der Waals surface area contributed by atoms with Crippen LogP contribution in [-0.2, 0) is 17.8 Å². The Balaban J connectivity index is 1.80. The molecule has 0 spiro atoms. The highest BCUT2D eigenvalue weighted by Crippen LogP contribution is 2.29. The lowest BCUT2D eigenvalue weighted by Gasteiger charge is -2.09.